The largest absolute Gasteiger partial charge is 0.341 e. The highest BCUT2D eigenvalue weighted by Crippen LogP contribution is 2.10. The van der Waals surface area contributed by atoms with E-state index in [4.69, 9.17) is 0 Å². The maximum absolute atomic E-state index is 12.5. The van der Waals surface area contributed by atoms with Gasteiger partial charge in [0.2, 0.25) is 0 Å². The number of benzene rings is 1. The van der Waals surface area contributed by atoms with Crippen molar-refractivity contribution in [1.29, 1.82) is 0 Å². The SMILES string of the molecule is C=C/C(=C\C=C/CCN(C)C(=O)c1ccccc1C=O)C(=O)N(CC)CCC. The van der Waals surface area contributed by atoms with Crippen LogP contribution in [0, 0.1) is 0 Å². The highest BCUT2D eigenvalue weighted by atomic mass is 16.2. The van der Waals surface area contributed by atoms with Crippen LogP contribution in [0.3, 0.4) is 0 Å². The molecule has 0 aliphatic rings. The van der Waals surface area contributed by atoms with Gasteiger partial charge in [0.05, 0.1) is 5.56 Å². The zero-order valence-corrected chi connectivity index (χ0v) is 17.1. The average Bonchev–Trinajstić information content (AvgIpc) is 2.73. The molecular weight excluding hydrogens is 352 g/mol. The van der Waals surface area contributed by atoms with Crippen LogP contribution < -0.4 is 0 Å². The van der Waals surface area contributed by atoms with Gasteiger partial charge in [-0.25, -0.2) is 0 Å². The molecule has 0 aliphatic heterocycles. The van der Waals surface area contributed by atoms with Crippen LogP contribution >= 0.6 is 0 Å². The van der Waals surface area contributed by atoms with Crippen LogP contribution in [0.25, 0.3) is 0 Å². The first-order chi connectivity index (χ1) is 13.5. The zero-order valence-electron chi connectivity index (χ0n) is 17.1. The van der Waals surface area contributed by atoms with Crippen LogP contribution in [0.5, 0.6) is 0 Å². The lowest BCUT2D eigenvalue weighted by atomic mass is 10.1. The first kappa shape index (κ1) is 23.1. The molecule has 0 bridgehead atoms. The second-order valence-corrected chi connectivity index (χ2v) is 6.36. The number of amides is 2. The van der Waals surface area contributed by atoms with E-state index in [0.29, 0.717) is 42.5 Å². The van der Waals surface area contributed by atoms with Gasteiger partial charge in [0.1, 0.15) is 0 Å². The van der Waals surface area contributed by atoms with E-state index in [1.54, 1.807) is 53.3 Å². The Morgan fingerprint density at radius 3 is 2.46 bits per heavy atom. The van der Waals surface area contributed by atoms with Crippen molar-refractivity contribution in [2.45, 2.75) is 26.7 Å². The molecule has 0 aromatic heterocycles. The van der Waals surface area contributed by atoms with Gasteiger partial charge < -0.3 is 9.80 Å². The molecule has 0 radical (unpaired) electrons. The fourth-order valence-corrected chi connectivity index (χ4v) is 2.72. The topological polar surface area (TPSA) is 57.7 Å². The van der Waals surface area contributed by atoms with Crippen molar-refractivity contribution in [3.63, 3.8) is 0 Å². The number of carbonyl (C=O) groups is 3. The molecule has 0 unspecified atom stereocenters. The Morgan fingerprint density at radius 1 is 1.14 bits per heavy atom. The second kappa shape index (κ2) is 12.4. The maximum Gasteiger partial charge on any atom is 0.254 e. The molecule has 2 amide bonds. The molecule has 0 heterocycles. The third-order valence-corrected chi connectivity index (χ3v) is 4.34. The van der Waals surface area contributed by atoms with E-state index in [-0.39, 0.29) is 11.8 Å². The fraction of sp³-hybridized carbons (Fsp3) is 0.348. The Hall–Kier alpha value is -2.95. The van der Waals surface area contributed by atoms with Crippen molar-refractivity contribution < 1.29 is 14.4 Å². The lowest BCUT2D eigenvalue weighted by molar-refractivity contribution is -0.126. The van der Waals surface area contributed by atoms with Crippen LogP contribution in [0.15, 0.2) is 60.7 Å². The van der Waals surface area contributed by atoms with E-state index >= 15 is 0 Å². The van der Waals surface area contributed by atoms with Gasteiger partial charge in [-0.3, -0.25) is 14.4 Å². The monoisotopic (exact) mass is 382 g/mol. The summed E-state index contributed by atoms with van der Waals surface area (Å²) < 4.78 is 0. The first-order valence-electron chi connectivity index (χ1n) is 9.58. The van der Waals surface area contributed by atoms with E-state index in [1.807, 2.05) is 26.0 Å². The normalized spacial score (nSPS) is 11.3. The Kier molecular flexibility index (Phi) is 10.3. The van der Waals surface area contributed by atoms with Gasteiger partial charge >= 0.3 is 0 Å². The molecule has 0 saturated heterocycles. The number of carbonyl (C=O) groups excluding carboxylic acids is 3. The Labute approximate surface area is 168 Å². The van der Waals surface area contributed by atoms with Gasteiger partial charge in [0, 0.05) is 37.8 Å². The Balaban J connectivity index is 2.65. The van der Waals surface area contributed by atoms with Crippen molar-refractivity contribution in [1.82, 2.24) is 9.80 Å². The summed E-state index contributed by atoms with van der Waals surface area (Å²) >= 11 is 0. The second-order valence-electron chi connectivity index (χ2n) is 6.36. The number of aldehydes is 1. The third-order valence-electron chi connectivity index (χ3n) is 4.34. The van der Waals surface area contributed by atoms with E-state index in [9.17, 15) is 14.4 Å². The molecule has 1 aromatic rings. The summed E-state index contributed by atoms with van der Waals surface area (Å²) in [4.78, 5) is 39.4. The van der Waals surface area contributed by atoms with Gasteiger partial charge in [-0.1, -0.05) is 49.9 Å². The Morgan fingerprint density at radius 2 is 1.86 bits per heavy atom. The van der Waals surface area contributed by atoms with Crippen molar-refractivity contribution in [3.05, 3.63) is 71.8 Å². The van der Waals surface area contributed by atoms with Crippen LogP contribution in [-0.4, -0.2) is 54.6 Å². The summed E-state index contributed by atoms with van der Waals surface area (Å²) in [5, 5.41) is 0. The molecule has 0 spiro atoms. The molecule has 1 aromatic carbocycles. The lowest BCUT2D eigenvalue weighted by Crippen LogP contribution is -2.32. The van der Waals surface area contributed by atoms with Crippen LogP contribution in [0.1, 0.15) is 47.4 Å². The summed E-state index contributed by atoms with van der Waals surface area (Å²) in [6.07, 6.45) is 9.26. The van der Waals surface area contributed by atoms with Gasteiger partial charge in [-0.05, 0) is 31.9 Å². The molecule has 150 valence electrons. The molecule has 0 fully saturated rings. The number of likely N-dealkylation sites (N-methyl/N-ethyl adjacent to an activating group) is 1. The van der Waals surface area contributed by atoms with E-state index in [0.717, 1.165) is 13.0 Å². The van der Waals surface area contributed by atoms with Gasteiger partial charge in [-0.2, -0.15) is 0 Å². The van der Waals surface area contributed by atoms with E-state index in [1.165, 1.54) is 0 Å². The minimum Gasteiger partial charge on any atom is -0.341 e. The quantitative estimate of drug-likeness (QED) is 0.331. The van der Waals surface area contributed by atoms with Crippen molar-refractivity contribution >= 4 is 18.1 Å². The number of hydrogen-bond acceptors (Lipinski definition) is 3. The molecule has 0 aliphatic carbocycles. The highest BCUT2D eigenvalue weighted by Gasteiger charge is 2.14. The van der Waals surface area contributed by atoms with Crippen LogP contribution in [0.2, 0.25) is 0 Å². The molecule has 0 N–H and O–H groups in total. The molecule has 0 atom stereocenters. The zero-order chi connectivity index (χ0) is 20.9. The summed E-state index contributed by atoms with van der Waals surface area (Å²) in [5.74, 6) is -0.214. The molecule has 0 saturated carbocycles. The number of allylic oxidation sites excluding steroid dienone is 2. The van der Waals surface area contributed by atoms with Gasteiger partial charge in [0.15, 0.2) is 6.29 Å². The van der Waals surface area contributed by atoms with Gasteiger partial charge in [0.25, 0.3) is 11.8 Å². The number of hydrogen-bond donors (Lipinski definition) is 0. The summed E-state index contributed by atoms with van der Waals surface area (Å²) in [6, 6.07) is 6.75. The molecule has 5 heteroatoms. The molecular formula is C23H30N2O3. The van der Waals surface area contributed by atoms with E-state index in [2.05, 4.69) is 6.58 Å². The molecule has 5 nitrogen and oxygen atoms in total. The fourth-order valence-electron chi connectivity index (χ4n) is 2.72. The smallest absolute Gasteiger partial charge is 0.254 e. The Bertz CT molecular complexity index is 750. The van der Waals surface area contributed by atoms with Crippen molar-refractivity contribution in [3.8, 4) is 0 Å². The van der Waals surface area contributed by atoms with Gasteiger partial charge in [-0.15, -0.1) is 0 Å². The van der Waals surface area contributed by atoms with E-state index < -0.39 is 0 Å². The van der Waals surface area contributed by atoms with Crippen LogP contribution in [-0.2, 0) is 4.79 Å². The standard InChI is InChI=1S/C23H30N2O3/c1-5-16-25(7-3)22(27)19(6-2)13-9-8-12-17-24(4)23(28)21-15-11-10-14-20(21)18-26/h6,8-11,13-15,18H,2,5,7,12,16-17H2,1,3-4H3/b9-8-,19-13+. The van der Waals surface area contributed by atoms with Crippen molar-refractivity contribution in [2.75, 3.05) is 26.7 Å². The third kappa shape index (κ3) is 6.65. The van der Waals surface area contributed by atoms with Crippen molar-refractivity contribution in [2.24, 2.45) is 0 Å². The molecule has 28 heavy (non-hydrogen) atoms. The lowest BCUT2D eigenvalue weighted by Gasteiger charge is -2.20. The summed E-state index contributed by atoms with van der Waals surface area (Å²) in [6.45, 7) is 9.62. The minimum absolute atomic E-state index is 0.0261. The number of rotatable bonds is 11. The highest BCUT2D eigenvalue weighted by molar-refractivity contribution is 6.01. The summed E-state index contributed by atoms with van der Waals surface area (Å²) in [5.41, 5.74) is 1.34. The predicted molar refractivity (Wildman–Crippen MR) is 113 cm³/mol. The van der Waals surface area contributed by atoms with Crippen LogP contribution in [0.4, 0.5) is 0 Å². The molecule has 1 rings (SSSR count). The first-order valence-corrected chi connectivity index (χ1v) is 9.58. The predicted octanol–water partition coefficient (Wildman–Crippen LogP) is 3.89. The minimum atomic E-state index is -0.188. The summed E-state index contributed by atoms with van der Waals surface area (Å²) in [7, 11) is 1.70. The maximum atomic E-state index is 12.5. The number of nitrogens with zero attached hydrogens (tertiary/aromatic N) is 2. The average molecular weight is 383 g/mol.